The molecule has 23 heavy (non-hydrogen) atoms. The van der Waals surface area contributed by atoms with Crippen LogP contribution in [0.15, 0.2) is 48.5 Å². The molecule has 0 aliphatic heterocycles. The Morgan fingerprint density at radius 3 is 2.39 bits per heavy atom. The third-order valence-electron chi connectivity index (χ3n) is 3.82. The second-order valence-corrected chi connectivity index (χ2v) is 6.18. The highest BCUT2D eigenvalue weighted by atomic mass is 16.5. The summed E-state index contributed by atoms with van der Waals surface area (Å²) in [6.07, 6.45) is 1.60. The van der Waals surface area contributed by atoms with Crippen LogP contribution in [0, 0.1) is 5.92 Å². The maximum absolute atomic E-state index is 10.2. The number of aliphatic hydroxyl groups excluding tert-OH is 1. The first-order chi connectivity index (χ1) is 11.1. The molecule has 2 aromatic carbocycles. The van der Waals surface area contributed by atoms with Crippen LogP contribution in [-0.4, -0.2) is 18.8 Å². The number of rotatable bonds is 8. The van der Waals surface area contributed by atoms with Gasteiger partial charge in [-0.1, -0.05) is 38.1 Å². The Kier molecular flexibility index (Phi) is 6.48. The van der Waals surface area contributed by atoms with Gasteiger partial charge in [0.05, 0.1) is 7.11 Å². The molecule has 1 atom stereocenters. The molecule has 0 radical (unpaired) electrons. The van der Waals surface area contributed by atoms with E-state index in [0.717, 1.165) is 23.5 Å². The molecular weight excluding hydrogens is 288 g/mol. The number of ether oxygens (including phenoxy) is 2. The fourth-order valence-electron chi connectivity index (χ4n) is 2.33. The van der Waals surface area contributed by atoms with Crippen LogP contribution < -0.4 is 9.47 Å². The van der Waals surface area contributed by atoms with E-state index in [-0.39, 0.29) is 6.61 Å². The average molecular weight is 314 g/mol. The van der Waals surface area contributed by atoms with Gasteiger partial charge in [-0.15, -0.1) is 0 Å². The van der Waals surface area contributed by atoms with Crippen molar-refractivity contribution in [2.75, 3.05) is 13.7 Å². The van der Waals surface area contributed by atoms with Crippen LogP contribution in [-0.2, 0) is 6.42 Å². The molecule has 2 aromatic rings. The molecule has 0 fully saturated rings. The van der Waals surface area contributed by atoms with E-state index in [1.807, 2.05) is 36.4 Å². The summed E-state index contributed by atoms with van der Waals surface area (Å²) in [7, 11) is 1.61. The third-order valence-corrected chi connectivity index (χ3v) is 3.82. The molecule has 0 bridgehead atoms. The van der Waals surface area contributed by atoms with Gasteiger partial charge in [-0.05, 0) is 54.2 Å². The molecule has 3 nitrogen and oxygen atoms in total. The van der Waals surface area contributed by atoms with Gasteiger partial charge in [0.2, 0.25) is 0 Å². The van der Waals surface area contributed by atoms with Crippen molar-refractivity contribution in [3.63, 3.8) is 0 Å². The summed E-state index contributed by atoms with van der Waals surface area (Å²) in [4.78, 5) is 0. The smallest absolute Gasteiger partial charge is 0.119 e. The molecule has 0 saturated carbocycles. The lowest BCUT2D eigenvalue weighted by atomic mass is 10.0. The first-order valence-electron chi connectivity index (χ1n) is 8.12. The Morgan fingerprint density at radius 1 is 1.00 bits per heavy atom. The summed E-state index contributed by atoms with van der Waals surface area (Å²) in [5.74, 6) is 2.22. The zero-order valence-corrected chi connectivity index (χ0v) is 14.2. The number of methoxy groups -OCH3 is 1. The van der Waals surface area contributed by atoms with Crippen LogP contribution in [0.3, 0.4) is 0 Å². The van der Waals surface area contributed by atoms with E-state index >= 15 is 0 Å². The van der Waals surface area contributed by atoms with Crippen molar-refractivity contribution >= 4 is 0 Å². The van der Waals surface area contributed by atoms with Gasteiger partial charge < -0.3 is 14.6 Å². The molecule has 0 amide bonds. The summed E-state index contributed by atoms with van der Waals surface area (Å²) >= 11 is 0. The number of aliphatic hydroxyl groups is 1. The van der Waals surface area contributed by atoms with Gasteiger partial charge in [-0.2, -0.15) is 0 Å². The topological polar surface area (TPSA) is 38.7 Å². The van der Waals surface area contributed by atoms with Gasteiger partial charge in [0.1, 0.15) is 24.2 Å². The van der Waals surface area contributed by atoms with Gasteiger partial charge in [-0.25, -0.2) is 0 Å². The van der Waals surface area contributed by atoms with Crippen LogP contribution in [0.2, 0.25) is 0 Å². The Bertz CT molecular complexity index is 590. The molecule has 1 unspecified atom stereocenters. The fraction of sp³-hybridized carbons (Fsp3) is 0.400. The maximum Gasteiger partial charge on any atom is 0.119 e. The van der Waals surface area contributed by atoms with Crippen LogP contribution >= 0.6 is 0 Å². The number of hydrogen-bond donors (Lipinski definition) is 1. The van der Waals surface area contributed by atoms with Crippen molar-refractivity contribution in [3.8, 4) is 11.5 Å². The van der Waals surface area contributed by atoms with E-state index in [2.05, 4.69) is 26.0 Å². The predicted molar refractivity (Wildman–Crippen MR) is 93.0 cm³/mol. The van der Waals surface area contributed by atoms with Gasteiger partial charge >= 0.3 is 0 Å². The quantitative estimate of drug-likeness (QED) is 0.785. The zero-order valence-electron chi connectivity index (χ0n) is 14.2. The van der Waals surface area contributed by atoms with E-state index in [0.29, 0.717) is 5.92 Å². The summed E-state index contributed by atoms with van der Waals surface area (Å²) in [5.41, 5.74) is 2.11. The van der Waals surface area contributed by atoms with Crippen molar-refractivity contribution in [3.05, 3.63) is 59.7 Å². The zero-order chi connectivity index (χ0) is 16.7. The van der Waals surface area contributed by atoms with Gasteiger partial charge in [0.25, 0.3) is 0 Å². The minimum absolute atomic E-state index is 0.221. The number of benzene rings is 2. The lowest BCUT2D eigenvalue weighted by molar-refractivity contribution is 0.108. The monoisotopic (exact) mass is 314 g/mol. The predicted octanol–water partition coefficient (Wildman–Crippen LogP) is 4.40. The van der Waals surface area contributed by atoms with Crippen molar-refractivity contribution in [1.82, 2.24) is 0 Å². The molecular formula is C20H26O3. The normalized spacial score (nSPS) is 12.2. The Balaban J connectivity index is 1.87. The summed E-state index contributed by atoms with van der Waals surface area (Å²) < 4.78 is 10.9. The average Bonchev–Trinajstić information content (AvgIpc) is 2.58. The molecule has 1 N–H and O–H groups in total. The van der Waals surface area contributed by atoms with Crippen molar-refractivity contribution in [1.29, 1.82) is 0 Å². The van der Waals surface area contributed by atoms with Crippen LogP contribution in [0.25, 0.3) is 0 Å². The number of aryl methyl sites for hydroxylation is 1. The summed E-state index contributed by atoms with van der Waals surface area (Å²) in [6, 6.07) is 15.5. The fourth-order valence-corrected chi connectivity index (χ4v) is 2.33. The Morgan fingerprint density at radius 2 is 1.74 bits per heavy atom. The largest absolute Gasteiger partial charge is 0.497 e. The molecule has 0 spiro atoms. The minimum atomic E-state index is -0.675. The number of hydrogen-bond acceptors (Lipinski definition) is 3. The molecule has 2 rings (SSSR count). The van der Waals surface area contributed by atoms with Gasteiger partial charge in [0.15, 0.2) is 0 Å². The second-order valence-electron chi connectivity index (χ2n) is 6.18. The van der Waals surface area contributed by atoms with Crippen LogP contribution in [0.5, 0.6) is 11.5 Å². The molecule has 0 saturated heterocycles. The van der Waals surface area contributed by atoms with E-state index < -0.39 is 6.10 Å². The first kappa shape index (κ1) is 17.4. The molecule has 0 aliphatic carbocycles. The van der Waals surface area contributed by atoms with E-state index in [1.54, 1.807) is 7.11 Å². The third kappa shape index (κ3) is 5.61. The maximum atomic E-state index is 10.2. The second kappa shape index (κ2) is 8.59. The minimum Gasteiger partial charge on any atom is -0.497 e. The SMILES string of the molecule is COc1cccc(C(O)COc2ccc(CCC(C)C)cc2)c1. The van der Waals surface area contributed by atoms with Crippen molar-refractivity contribution in [2.45, 2.75) is 32.8 Å². The molecule has 0 heterocycles. The highest BCUT2D eigenvalue weighted by Crippen LogP contribution is 2.21. The van der Waals surface area contributed by atoms with Crippen LogP contribution in [0.1, 0.15) is 37.5 Å². The Hall–Kier alpha value is -2.00. The van der Waals surface area contributed by atoms with Crippen molar-refractivity contribution in [2.24, 2.45) is 5.92 Å². The lowest BCUT2D eigenvalue weighted by Crippen LogP contribution is -2.09. The van der Waals surface area contributed by atoms with Gasteiger partial charge in [0, 0.05) is 0 Å². The van der Waals surface area contributed by atoms with Gasteiger partial charge in [-0.3, -0.25) is 0 Å². The van der Waals surface area contributed by atoms with Crippen LogP contribution in [0.4, 0.5) is 0 Å². The highest BCUT2D eigenvalue weighted by Gasteiger charge is 2.09. The van der Waals surface area contributed by atoms with Crippen molar-refractivity contribution < 1.29 is 14.6 Å². The first-order valence-corrected chi connectivity index (χ1v) is 8.12. The molecule has 3 heteroatoms. The summed E-state index contributed by atoms with van der Waals surface area (Å²) in [6.45, 7) is 4.69. The standard InChI is InChI=1S/C20H26O3/c1-15(2)7-8-16-9-11-18(12-10-16)23-14-20(21)17-5-4-6-19(13-17)22-3/h4-6,9-13,15,20-21H,7-8,14H2,1-3H3. The summed E-state index contributed by atoms with van der Waals surface area (Å²) in [5, 5.41) is 10.2. The van der Waals surface area contributed by atoms with E-state index in [4.69, 9.17) is 9.47 Å². The molecule has 124 valence electrons. The Labute approximate surface area is 138 Å². The lowest BCUT2D eigenvalue weighted by Gasteiger charge is -2.14. The van der Waals surface area contributed by atoms with E-state index in [9.17, 15) is 5.11 Å². The molecule has 0 aliphatic rings. The molecule has 0 aromatic heterocycles. The van der Waals surface area contributed by atoms with E-state index in [1.165, 1.54) is 12.0 Å². The highest BCUT2D eigenvalue weighted by molar-refractivity contribution is 5.30.